The van der Waals surface area contributed by atoms with Crippen molar-refractivity contribution < 1.29 is 10.0 Å². The first-order valence-electron chi connectivity index (χ1n) is 4.68. The Hall–Kier alpha value is -2.24. The number of rotatable bonds is 4. The van der Waals surface area contributed by atoms with E-state index in [1.807, 2.05) is 0 Å². The molecule has 0 saturated heterocycles. The molecule has 6 heteroatoms. The number of primary amides is 1. The van der Waals surface area contributed by atoms with Crippen LogP contribution in [0, 0.1) is 0 Å². The lowest BCUT2D eigenvalue weighted by molar-refractivity contribution is 0.100. The summed E-state index contributed by atoms with van der Waals surface area (Å²) < 4.78 is 0. The standard InChI is InChI=1S/C10H14N4O2/c1-6(9(11)14-16)13-8-4-2-7(3-5-8)10(12)15/h2-6,13,16H,1H3,(H2,11,14)(H2,12,15). The van der Waals surface area contributed by atoms with Crippen molar-refractivity contribution in [3.63, 3.8) is 0 Å². The van der Waals surface area contributed by atoms with Gasteiger partial charge >= 0.3 is 0 Å². The van der Waals surface area contributed by atoms with Crippen molar-refractivity contribution in [3.05, 3.63) is 29.8 Å². The monoisotopic (exact) mass is 222 g/mol. The lowest BCUT2D eigenvalue weighted by atomic mass is 10.2. The lowest BCUT2D eigenvalue weighted by Gasteiger charge is -2.13. The van der Waals surface area contributed by atoms with Crippen LogP contribution in [0.15, 0.2) is 29.4 Å². The molecule has 0 aromatic heterocycles. The maximum atomic E-state index is 10.8. The zero-order chi connectivity index (χ0) is 12.1. The Morgan fingerprint density at radius 3 is 2.38 bits per heavy atom. The van der Waals surface area contributed by atoms with E-state index >= 15 is 0 Å². The van der Waals surface area contributed by atoms with Crippen molar-refractivity contribution in [3.8, 4) is 0 Å². The Morgan fingerprint density at radius 1 is 1.38 bits per heavy atom. The minimum absolute atomic E-state index is 0.0824. The first kappa shape index (κ1) is 11.8. The van der Waals surface area contributed by atoms with Crippen LogP contribution < -0.4 is 16.8 Å². The average molecular weight is 222 g/mol. The molecule has 0 aliphatic carbocycles. The molecule has 86 valence electrons. The minimum Gasteiger partial charge on any atom is -0.409 e. The van der Waals surface area contributed by atoms with Crippen molar-refractivity contribution in [1.29, 1.82) is 0 Å². The average Bonchev–Trinajstić information content (AvgIpc) is 2.28. The van der Waals surface area contributed by atoms with Crippen molar-refractivity contribution in [2.75, 3.05) is 5.32 Å². The molecular weight excluding hydrogens is 208 g/mol. The van der Waals surface area contributed by atoms with Gasteiger partial charge in [0.1, 0.15) is 0 Å². The molecular formula is C10H14N4O2. The Kier molecular flexibility index (Phi) is 3.71. The first-order chi connectivity index (χ1) is 7.54. The number of nitrogens with zero attached hydrogens (tertiary/aromatic N) is 1. The third-order valence-electron chi connectivity index (χ3n) is 2.11. The maximum absolute atomic E-state index is 10.8. The van der Waals surface area contributed by atoms with Gasteiger partial charge in [-0.15, -0.1) is 0 Å². The molecule has 1 unspecified atom stereocenters. The van der Waals surface area contributed by atoms with Crippen molar-refractivity contribution in [1.82, 2.24) is 0 Å². The summed E-state index contributed by atoms with van der Waals surface area (Å²) in [6, 6.07) is 6.29. The fraction of sp³-hybridized carbons (Fsp3) is 0.200. The molecule has 0 radical (unpaired) electrons. The van der Waals surface area contributed by atoms with Gasteiger partial charge in [0.2, 0.25) is 5.91 Å². The van der Waals surface area contributed by atoms with Crippen molar-refractivity contribution in [2.24, 2.45) is 16.6 Å². The highest BCUT2D eigenvalue weighted by atomic mass is 16.4. The van der Waals surface area contributed by atoms with Crippen molar-refractivity contribution >= 4 is 17.4 Å². The number of anilines is 1. The van der Waals surface area contributed by atoms with Crippen LogP contribution in [0.5, 0.6) is 0 Å². The van der Waals surface area contributed by atoms with Crippen LogP contribution in [0.25, 0.3) is 0 Å². The number of carbonyl (C=O) groups is 1. The van der Waals surface area contributed by atoms with Crippen LogP contribution in [0.3, 0.4) is 0 Å². The predicted octanol–water partition coefficient (Wildman–Crippen LogP) is 0.332. The molecule has 1 rings (SSSR count). The van der Waals surface area contributed by atoms with E-state index in [0.717, 1.165) is 5.69 Å². The summed E-state index contributed by atoms with van der Waals surface area (Å²) in [5.74, 6) is -0.394. The summed E-state index contributed by atoms with van der Waals surface area (Å²) in [7, 11) is 0. The van der Waals surface area contributed by atoms with Gasteiger partial charge in [0.15, 0.2) is 5.84 Å². The zero-order valence-corrected chi connectivity index (χ0v) is 8.84. The predicted molar refractivity (Wildman–Crippen MR) is 61.5 cm³/mol. The third-order valence-corrected chi connectivity index (χ3v) is 2.11. The second-order valence-electron chi connectivity index (χ2n) is 3.33. The molecule has 1 amide bonds. The van der Waals surface area contributed by atoms with Gasteiger partial charge in [-0.1, -0.05) is 5.16 Å². The van der Waals surface area contributed by atoms with Crippen LogP contribution in [0.4, 0.5) is 5.69 Å². The van der Waals surface area contributed by atoms with Gasteiger partial charge < -0.3 is 22.0 Å². The summed E-state index contributed by atoms with van der Waals surface area (Å²) in [5, 5.41) is 14.3. The van der Waals surface area contributed by atoms with E-state index < -0.39 is 5.91 Å². The molecule has 1 aromatic rings. The largest absolute Gasteiger partial charge is 0.409 e. The molecule has 1 atom stereocenters. The summed E-state index contributed by atoms with van der Waals surface area (Å²) in [5.41, 5.74) is 11.7. The summed E-state index contributed by atoms with van der Waals surface area (Å²) in [6.45, 7) is 1.75. The normalized spacial score (nSPS) is 13.2. The highest BCUT2D eigenvalue weighted by Crippen LogP contribution is 2.10. The highest BCUT2D eigenvalue weighted by Gasteiger charge is 2.07. The lowest BCUT2D eigenvalue weighted by Crippen LogP contribution is -2.32. The second-order valence-corrected chi connectivity index (χ2v) is 3.33. The van der Waals surface area contributed by atoms with E-state index in [-0.39, 0.29) is 11.9 Å². The minimum atomic E-state index is -0.476. The Bertz CT molecular complexity index is 400. The number of benzene rings is 1. The summed E-state index contributed by atoms with van der Waals surface area (Å²) >= 11 is 0. The van der Waals surface area contributed by atoms with E-state index in [1.54, 1.807) is 31.2 Å². The number of hydrogen-bond donors (Lipinski definition) is 4. The molecule has 0 bridgehead atoms. The van der Waals surface area contributed by atoms with Gasteiger partial charge in [0.05, 0.1) is 6.04 Å². The highest BCUT2D eigenvalue weighted by molar-refractivity contribution is 5.93. The van der Waals surface area contributed by atoms with Crippen molar-refractivity contribution in [2.45, 2.75) is 13.0 Å². The molecule has 1 aromatic carbocycles. The third kappa shape index (κ3) is 2.88. The van der Waals surface area contributed by atoms with Gasteiger partial charge in [-0.3, -0.25) is 4.79 Å². The molecule has 16 heavy (non-hydrogen) atoms. The van der Waals surface area contributed by atoms with E-state index in [2.05, 4.69) is 10.5 Å². The molecule has 0 aliphatic heterocycles. The summed E-state index contributed by atoms with van der Waals surface area (Å²) in [4.78, 5) is 10.8. The molecule has 6 N–H and O–H groups in total. The molecule has 0 aliphatic rings. The number of nitrogens with one attached hydrogen (secondary N) is 1. The number of amidine groups is 1. The zero-order valence-electron chi connectivity index (χ0n) is 8.84. The fourth-order valence-electron chi connectivity index (χ4n) is 1.14. The number of oxime groups is 1. The van der Waals surface area contributed by atoms with Crippen LogP contribution in [-0.2, 0) is 0 Å². The van der Waals surface area contributed by atoms with E-state index in [0.29, 0.717) is 5.56 Å². The fourth-order valence-corrected chi connectivity index (χ4v) is 1.14. The quantitative estimate of drug-likeness (QED) is 0.254. The first-order valence-corrected chi connectivity index (χ1v) is 4.68. The molecule has 6 nitrogen and oxygen atoms in total. The number of amides is 1. The number of hydrogen-bond acceptors (Lipinski definition) is 4. The topological polar surface area (TPSA) is 114 Å². The smallest absolute Gasteiger partial charge is 0.248 e. The number of carbonyl (C=O) groups excluding carboxylic acids is 1. The van der Waals surface area contributed by atoms with Crippen LogP contribution >= 0.6 is 0 Å². The van der Waals surface area contributed by atoms with E-state index in [1.165, 1.54) is 0 Å². The Labute approximate surface area is 92.9 Å². The molecule has 0 saturated carbocycles. The number of nitrogens with two attached hydrogens (primary N) is 2. The van der Waals surface area contributed by atoms with Gasteiger partial charge in [-0.2, -0.15) is 0 Å². The molecule has 0 heterocycles. The maximum Gasteiger partial charge on any atom is 0.248 e. The van der Waals surface area contributed by atoms with Crippen LogP contribution in [0.1, 0.15) is 17.3 Å². The second kappa shape index (κ2) is 5.01. The van der Waals surface area contributed by atoms with Gasteiger partial charge in [-0.05, 0) is 31.2 Å². The SMILES string of the molecule is CC(Nc1ccc(C(N)=O)cc1)C(N)=NO. The van der Waals surface area contributed by atoms with E-state index in [4.69, 9.17) is 16.7 Å². The Balaban J connectivity index is 2.72. The summed E-state index contributed by atoms with van der Waals surface area (Å²) in [6.07, 6.45) is 0. The van der Waals surface area contributed by atoms with Gasteiger partial charge in [0.25, 0.3) is 0 Å². The molecule has 0 spiro atoms. The molecule has 0 fully saturated rings. The van der Waals surface area contributed by atoms with Crippen LogP contribution in [0.2, 0.25) is 0 Å². The van der Waals surface area contributed by atoms with Crippen LogP contribution in [-0.4, -0.2) is 23.0 Å². The van der Waals surface area contributed by atoms with Gasteiger partial charge in [0, 0.05) is 11.3 Å². The van der Waals surface area contributed by atoms with E-state index in [9.17, 15) is 4.79 Å². The van der Waals surface area contributed by atoms with Gasteiger partial charge in [-0.25, -0.2) is 0 Å². The Morgan fingerprint density at radius 2 is 1.94 bits per heavy atom.